The van der Waals surface area contributed by atoms with Crippen molar-refractivity contribution in [2.75, 3.05) is 13.1 Å². The van der Waals surface area contributed by atoms with Crippen LogP contribution in [0.15, 0.2) is 18.3 Å². The van der Waals surface area contributed by atoms with Crippen molar-refractivity contribution in [1.29, 1.82) is 0 Å². The number of thiocarbonyl (C=S) groups is 1. The minimum atomic E-state index is 0.0574. The van der Waals surface area contributed by atoms with E-state index in [2.05, 4.69) is 4.98 Å². The van der Waals surface area contributed by atoms with Crippen molar-refractivity contribution in [3.8, 4) is 0 Å². The highest BCUT2D eigenvalue weighted by Gasteiger charge is 2.25. The highest BCUT2D eigenvalue weighted by atomic mass is 32.1. The summed E-state index contributed by atoms with van der Waals surface area (Å²) in [6, 6.07) is 3.62. The fourth-order valence-electron chi connectivity index (χ4n) is 2.25. The van der Waals surface area contributed by atoms with Gasteiger partial charge in [0.25, 0.3) is 5.91 Å². The third kappa shape index (κ3) is 2.67. The molecule has 4 nitrogen and oxygen atoms in total. The number of amides is 1. The third-order valence-electron chi connectivity index (χ3n) is 3.42. The van der Waals surface area contributed by atoms with E-state index < -0.39 is 0 Å². The molecule has 0 aliphatic carbocycles. The summed E-state index contributed by atoms with van der Waals surface area (Å²) in [4.78, 5) is 18.9. The molecule has 2 heterocycles. The van der Waals surface area contributed by atoms with Crippen molar-refractivity contribution in [3.63, 3.8) is 0 Å². The number of hydrogen-bond donors (Lipinski definition) is 1. The molecule has 2 rings (SSSR count). The number of rotatable bonds is 2. The van der Waals surface area contributed by atoms with Crippen LogP contribution in [0, 0.1) is 12.8 Å². The van der Waals surface area contributed by atoms with Crippen LogP contribution in [0.25, 0.3) is 0 Å². The van der Waals surface area contributed by atoms with Crippen molar-refractivity contribution < 1.29 is 4.79 Å². The number of likely N-dealkylation sites (tertiary alicyclic amines) is 1. The zero-order valence-electron chi connectivity index (χ0n) is 10.4. The first kappa shape index (κ1) is 13.0. The summed E-state index contributed by atoms with van der Waals surface area (Å²) in [5.41, 5.74) is 7.11. The van der Waals surface area contributed by atoms with E-state index in [1.807, 2.05) is 17.9 Å². The first-order valence-electron chi connectivity index (χ1n) is 6.10. The molecule has 5 heteroatoms. The van der Waals surface area contributed by atoms with Gasteiger partial charge in [-0.3, -0.25) is 9.78 Å². The van der Waals surface area contributed by atoms with Gasteiger partial charge in [0.1, 0.15) is 0 Å². The van der Waals surface area contributed by atoms with E-state index in [0.29, 0.717) is 10.6 Å². The maximum absolute atomic E-state index is 12.3. The van der Waals surface area contributed by atoms with Gasteiger partial charge in [-0.2, -0.15) is 0 Å². The lowest BCUT2D eigenvalue weighted by Gasteiger charge is -2.31. The van der Waals surface area contributed by atoms with Gasteiger partial charge in [-0.25, -0.2) is 0 Å². The largest absolute Gasteiger partial charge is 0.393 e. The van der Waals surface area contributed by atoms with Gasteiger partial charge in [0.15, 0.2) is 0 Å². The SMILES string of the molecule is Cc1ncccc1C(=O)N1CCC(C(N)=S)CC1. The van der Waals surface area contributed by atoms with E-state index in [1.165, 1.54) is 0 Å². The van der Waals surface area contributed by atoms with Gasteiger partial charge in [-0.1, -0.05) is 12.2 Å². The van der Waals surface area contributed by atoms with Gasteiger partial charge in [0, 0.05) is 30.9 Å². The predicted octanol–water partition coefficient (Wildman–Crippen LogP) is 1.53. The lowest BCUT2D eigenvalue weighted by molar-refractivity contribution is 0.0709. The second-order valence-corrected chi connectivity index (χ2v) is 5.08. The molecule has 1 aliphatic rings. The molecule has 0 bridgehead atoms. The summed E-state index contributed by atoms with van der Waals surface area (Å²) >= 11 is 5.00. The fraction of sp³-hybridized carbons (Fsp3) is 0.462. The second-order valence-electron chi connectivity index (χ2n) is 4.61. The van der Waals surface area contributed by atoms with E-state index in [-0.39, 0.29) is 11.8 Å². The number of carbonyl (C=O) groups is 1. The summed E-state index contributed by atoms with van der Waals surface area (Å²) in [7, 11) is 0. The molecule has 1 saturated heterocycles. The minimum Gasteiger partial charge on any atom is -0.393 e. The Labute approximate surface area is 112 Å². The molecular formula is C13H17N3OS. The zero-order valence-corrected chi connectivity index (χ0v) is 11.2. The van der Waals surface area contributed by atoms with E-state index >= 15 is 0 Å². The molecule has 0 radical (unpaired) electrons. The van der Waals surface area contributed by atoms with Crippen molar-refractivity contribution in [1.82, 2.24) is 9.88 Å². The predicted molar refractivity (Wildman–Crippen MR) is 74.4 cm³/mol. The number of nitrogens with two attached hydrogens (primary N) is 1. The number of aromatic nitrogens is 1. The van der Waals surface area contributed by atoms with Crippen LogP contribution in [0.1, 0.15) is 28.9 Å². The number of pyridine rings is 1. The summed E-state index contributed by atoms with van der Waals surface area (Å²) in [6.45, 7) is 3.29. The number of aryl methyl sites for hydroxylation is 1. The Morgan fingerprint density at radius 1 is 1.50 bits per heavy atom. The van der Waals surface area contributed by atoms with Gasteiger partial charge in [0.2, 0.25) is 0 Å². The Morgan fingerprint density at radius 2 is 2.17 bits per heavy atom. The number of carbonyl (C=O) groups excluding carboxylic acids is 1. The molecule has 0 saturated carbocycles. The summed E-state index contributed by atoms with van der Waals surface area (Å²) in [5, 5.41) is 0. The zero-order chi connectivity index (χ0) is 13.1. The van der Waals surface area contributed by atoms with Crippen LogP contribution < -0.4 is 5.73 Å². The molecule has 0 atom stereocenters. The summed E-state index contributed by atoms with van der Waals surface area (Å²) < 4.78 is 0. The van der Waals surface area contributed by atoms with Crippen LogP contribution >= 0.6 is 12.2 Å². The topological polar surface area (TPSA) is 59.2 Å². The number of piperidine rings is 1. The Hall–Kier alpha value is -1.49. The highest BCUT2D eigenvalue weighted by molar-refractivity contribution is 7.80. The first-order chi connectivity index (χ1) is 8.59. The molecule has 18 heavy (non-hydrogen) atoms. The fourth-order valence-corrected chi connectivity index (χ4v) is 2.48. The molecule has 0 spiro atoms. The average molecular weight is 263 g/mol. The highest BCUT2D eigenvalue weighted by Crippen LogP contribution is 2.19. The molecule has 0 unspecified atom stereocenters. The molecule has 2 N–H and O–H groups in total. The second kappa shape index (κ2) is 5.44. The van der Waals surface area contributed by atoms with E-state index in [9.17, 15) is 4.79 Å². The standard InChI is InChI=1S/C13H17N3OS/c1-9-11(3-2-6-15-9)13(17)16-7-4-10(5-8-16)12(14)18/h2-3,6,10H,4-5,7-8H2,1H3,(H2,14,18). The maximum atomic E-state index is 12.3. The van der Waals surface area contributed by atoms with E-state index in [1.54, 1.807) is 12.3 Å². The molecule has 1 amide bonds. The Kier molecular flexibility index (Phi) is 3.91. The normalized spacial score (nSPS) is 16.6. The molecule has 96 valence electrons. The van der Waals surface area contributed by atoms with Gasteiger partial charge >= 0.3 is 0 Å². The van der Waals surface area contributed by atoms with Crippen molar-refractivity contribution in [3.05, 3.63) is 29.6 Å². The lowest BCUT2D eigenvalue weighted by atomic mass is 9.96. The number of nitrogens with zero attached hydrogens (tertiary/aromatic N) is 2. The average Bonchev–Trinajstić information content (AvgIpc) is 2.38. The monoisotopic (exact) mass is 263 g/mol. The van der Waals surface area contributed by atoms with Crippen molar-refractivity contribution in [2.24, 2.45) is 11.7 Å². The van der Waals surface area contributed by atoms with Crippen LogP contribution in [0.5, 0.6) is 0 Å². The van der Waals surface area contributed by atoms with Crippen molar-refractivity contribution >= 4 is 23.1 Å². The quantitative estimate of drug-likeness (QED) is 0.822. The third-order valence-corrected chi connectivity index (χ3v) is 3.76. The van der Waals surface area contributed by atoms with Crippen LogP contribution in [0.4, 0.5) is 0 Å². The molecule has 1 aromatic rings. The van der Waals surface area contributed by atoms with E-state index in [4.69, 9.17) is 18.0 Å². The lowest BCUT2D eigenvalue weighted by Crippen LogP contribution is -2.41. The molecule has 0 aromatic carbocycles. The van der Waals surface area contributed by atoms with Gasteiger partial charge in [-0.05, 0) is 31.9 Å². The van der Waals surface area contributed by atoms with Crippen LogP contribution in [-0.4, -0.2) is 33.9 Å². The molecular weight excluding hydrogens is 246 g/mol. The smallest absolute Gasteiger partial charge is 0.255 e. The summed E-state index contributed by atoms with van der Waals surface area (Å²) in [5.74, 6) is 0.334. The van der Waals surface area contributed by atoms with Crippen LogP contribution in [0.3, 0.4) is 0 Å². The van der Waals surface area contributed by atoms with Crippen molar-refractivity contribution in [2.45, 2.75) is 19.8 Å². The van der Waals surface area contributed by atoms with Crippen LogP contribution in [-0.2, 0) is 0 Å². The Bertz CT molecular complexity index is 467. The maximum Gasteiger partial charge on any atom is 0.255 e. The Morgan fingerprint density at radius 3 is 2.72 bits per heavy atom. The van der Waals surface area contributed by atoms with Gasteiger partial charge in [-0.15, -0.1) is 0 Å². The minimum absolute atomic E-state index is 0.0574. The Balaban J connectivity index is 2.04. The molecule has 1 aliphatic heterocycles. The molecule has 1 aromatic heterocycles. The van der Waals surface area contributed by atoms with Gasteiger partial charge in [0.05, 0.1) is 10.6 Å². The number of hydrogen-bond acceptors (Lipinski definition) is 3. The first-order valence-corrected chi connectivity index (χ1v) is 6.50. The molecule has 1 fully saturated rings. The van der Waals surface area contributed by atoms with Crippen LogP contribution in [0.2, 0.25) is 0 Å². The summed E-state index contributed by atoms with van der Waals surface area (Å²) in [6.07, 6.45) is 3.42. The van der Waals surface area contributed by atoms with Gasteiger partial charge < -0.3 is 10.6 Å². The van der Waals surface area contributed by atoms with E-state index in [0.717, 1.165) is 31.6 Å².